The topological polar surface area (TPSA) is 72.0 Å². The van der Waals surface area contributed by atoms with Crippen LogP contribution in [-0.2, 0) is 16.1 Å². The average Bonchev–Trinajstić information content (AvgIpc) is 3.17. The van der Waals surface area contributed by atoms with Crippen molar-refractivity contribution in [1.29, 1.82) is 5.41 Å². The van der Waals surface area contributed by atoms with E-state index in [1.807, 2.05) is 106 Å². The second-order valence-electron chi connectivity index (χ2n) is 8.40. The number of amides is 1. The lowest BCUT2D eigenvalue weighted by atomic mass is 10.0. The molecule has 0 fully saturated rings. The van der Waals surface area contributed by atoms with E-state index in [1.165, 1.54) is 7.11 Å². The number of imidazole rings is 1. The SMILES string of the molecule is COCC(=O)Nc1ccccc1-c1ccc(-n2c(=N)n(Cc3ccccc3Cl)c3ccccc32)cc1. The van der Waals surface area contributed by atoms with E-state index in [2.05, 4.69) is 5.32 Å². The van der Waals surface area contributed by atoms with Gasteiger partial charge in [-0.05, 0) is 47.5 Å². The summed E-state index contributed by atoms with van der Waals surface area (Å²) in [5, 5.41) is 12.6. The van der Waals surface area contributed by atoms with Crippen molar-refractivity contribution in [3.8, 4) is 16.8 Å². The van der Waals surface area contributed by atoms with Gasteiger partial charge in [-0.1, -0.05) is 72.3 Å². The number of ether oxygens (including phenoxy) is 1. The molecule has 4 aromatic carbocycles. The summed E-state index contributed by atoms with van der Waals surface area (Å²) in [6, 6.07) is 31.4. The number of nitrogens with one attached hydrogen (secondary N) is 2. The maximum Gasteiger partial charge on any atom is 0.250 e. The van der Waals surface area contributed by atoms with Gasteiger partial charge < -0.3 is 14.6 Å². The second-order valence-corrected chi connectivity index (χ2v) is 8.81. The van der Waals surface area contributed by atoms with Crippen LogP contribution in [0.15, 0.2) is 97.1 Å². The van der Waals surface area contributed by atoms with Gasteiger partial charge >= 0.3 is 0 Å². The fourth-order valence-electron chi connectivity index (χ4n) is 4.40. The summed E-state index contributed by atoms with van der Waals surface area (Å²) in [5.41, 5.74) is 6.67. The van der Waals surface area contributed by atoms with Gasteiger partial charge in [0.2, 0.25) is 11.5 Å². The molecule has 0 radical (unpaired) electrons. The van der Waals surface area contributed by atoms with Gasteiger partial charge in [-0.2, -0.15) is 0 Å². The zero-order valence-electron chi connectivity index (χ0n) is 19.7. The fraction of sp³-hybridized carbons (Fsp3) is 0.103. The molecule has 6 nitrogen and oxygen atoms in total. The normalized spacial score (nSPS) is 11.1. The Morgan fingerprint density at radius 1 is 0.889 bits per heavy atom. The Labute approximate surface area is 213 Å². The highest BCUT2D eigenvalue weighted by Crippen LogP contribution is 2.29. The Hall–Kier alpha value is -4.13. The van der Waals surface area contributed by atoms with Crippen LogP contribution in [0, 0.1) is 5.41 Å². The van der Waals surface area contributed by atoms with Crippen molar-refractivity contribution in [2.45, 2.75) is 6.54 Å². The minimum atomic E-state index is -0.206. The Bertz CT molecular complexity index is 1600. The predicted molar refractivity (Wildman–Crippen MR) is 144 cm³/mol. The van der Waals surface area contributed by atoms with Gasteiger partial charge in [0, 0.05) is 29.1 Å². The third kappa shape index (κ3) is 4.56. The average molecular weight is 497 g/mol. The van der Waals surface area contributed by atoms with Gasteiger partial charge in [0.15, 0.2) is 0 Å². The molecule has 5 rings (SSSR count). The number of rotatable bonds is 7. The molecule has 36 heavy (non-hydrogen) atoms. The van der Waals surface area contributed by atoms with Crippen molar-refractivity contribution < 1.29 is 9.53 Å². The molecule has 0 unspecified atom stereocenters. The largest absolute Gasteiger partial charge is 0.375 e. The highest BCUT2D eigenvalue weighted by Gasteiger charge is 2.14. The maximum atomic E-state index is 12.1. The molecule has 180 valence electrons. The highest BCUT2D eigenvalue weighted by atomic mass is 35.5. The van der Waals surface area contributed by atoms with Crippen molar-refractivity contribution in [2.75, 3.05) is 19.0 Å². The van der Waals surface area contributed by atoms with E-state index in [9.17, 15) is 4.79 Å². The summed E-state index contributed by atoms with van der Waals surface area (Å²) in [6.07, 6.45) is 0. The van der Waals surface area contributed by atoms with Crippen LogP contribution in [0.1, 0.15) is 5.56 Å². The van der Waals surface area contributed by atoms with E-state index in [1.54, 1.807) is 0 Å². The Morgan fingerprint density at radius 2 is 1.56 bits per heavy atom. The molecule has 1 heterocycles. The van der Waals surface area contributed by atoms with Crippen LogP contribution in [0.25, 0.3) is 27.8 Å². The number of hydrogen-bond acceptors (Lipinski definition) is 3. The van der Waals surface area contributed by atoms with Crippen molar-refractivity contribution in [2.24, 2.45) is 0 Å². The molecule has 0 aliphatic heterocycles. The Morgan fingerprint density at radius 3 is 2.31 bits per heavy atom. The number of carbonyl (C=O) groups excluding carboxylic acids is 1. The van der Waals surface area contributed by atoms with E-state index in [-0.39, 0.29) is 12.5 Å². The van der Waals surface area contributed by atoms with Crippen LogP contribution in [0.5, 0.6) is 0 Å². The zero-order valence-corrected chi connectivity index (χ0v) is 20.5. The van der Waals surface area contributed by atoms with Gasteiger partial charge in [0.05, 0.1) is 17.6 Å². The van der Waals surface area contributed by atoms with E-state index in [0.29, 0.717) is 17.2 Å². The number of methoxy groups -OCH3 is 1. The summed E-state index contributed by atoms with van der Waals surface area (Å²) in [6.45, 7) is 0.493. The number of para-hydroxylation sites is 3. The van der Waals surface area contributed by atoms with Gasteiger partial charge in [-0.25, -0.2) is 0 Å². The standard InChI is InChI=1S/C29H25ClN4O2/c1-36-19-28(35)32-25-11-5-3-9-23(25)20-14-16-22(17-15-20)34-27-13-7-6-12-26(27)33(29(34)31)18-21-8-2-4-10-24(21)30/h2-17,31H,18-19H2,1H3,(H,32,35). The molecule has 7 heteroatoms. The lowest BCUT2D eigenvalue weighted by Crippen LogP contribution is -2.24. The molecule has 0 spiro atoms. The molecule has 0 saturated carbocycles. The number of carbonyl (C=O) groups is 1. The van der Waals surface area contributed by atoms with E-state index >= 15 is 0 Å². The van der Waals surface area contributed by atoms with Crippen molar-refractivity contribution in [3.63, 3.8) is 0 Å². The first-order chi connectivity index (χ1) is 17.6. The predicted octanol–water partition coefficient (Wildman–Crippen LogP) is 5.87. The van der Waals surface area contributed by atoms with Crippen molar-refractivity contribution in [3.05, 3.63) is 113 Å². The van der Waals surface area contributed by atoms with Crippen molar-refractivity contribution >= 4 is 34.2 Å². The summed E-state index contributed by atoms with van der Waals surface area (Å²) in [5.74, 6) is -0.206. The Balaban J connectivity index is 1.54. The molecular formula is C29H25ClN4O2. The molecule has 2 N–H and O–H groups in total. The van der Waals surface area contributed by atoms with E-state index in [0.717, 1.165) is 39.1 Å². The highest BCUT2D eigenvalue weighted by molar-refractivity contribution is 6.31. The number of nitrogens with zero attached hydrogens (tertiary/aromatic N) is 2. The molecule has 1 aromatic heterocycles. The number of benzene rings is 4. The molecule has 1 amide bonds. The Kier molecular flexibility index (Phi) is 6.71. The first-order valence-electron chi connectivity index (χ1n) is 11.5. The van der Waals surface area contributed by atoms with Gasteiger partial charge in [0.25, 0.3) is 0 Å². The maximum absolute atomic E-state index is 12.1. The van der Waals surface area contributed by atoms with Crippen LogP contribution in [0.4, 0.5) is 5.69 Å². The first kappa shape index (κ1) is 23.6. The first-order valence-corrected chi connectivity index (χ1v) is 11.9. The number of aromatic nitrogens is 2. The molecule has 5 aromatic rings. The molecule has 0 atom stereocenters. The van der Waals surface area contributed by atoms with Gasteiger partial charge in [0.1, 0.15) is 6.61 Å². The van der Waals surface area contributed by atoms with E-state index < -0.39 is 0 Å². The number of anilines is 1. The second kappa shape index (κ2) is 10.2. The zero-order chi connectivity index (χ0) is 25.1. The smallest absolute Gasteiger partial charge is 0.250 e. The monoisotopic (exact) mass is 496 g/mol. The van der Waals surface area contributed by atoms with Crippen LogP contribution in [-0.4, -0.2) is 28.8 Å². The minimum Gasteiger partial charge on any atom is -0.375 e. The molecule has 0 bridgehead atoms. The van der Waals surface area contributed by atoms with E-state index in [4.69, 9.17) is 21.7 Å². The number of fused-ring (bicyclic) bond motifs is 1. The quantitative estimate of drug-likeness (QED) is 0.296. The fourth-order valence-corrected chi connectivity index (χ4v) is 4.60. The summed E-state index contributed by atoms with van der Waals surface area (Å²) in [7, 11) is 1.49. The minimum absolute atomic E-state index is 0.00551. The lowest BCUT2D eigenvalue weighted by molar-refractivity contribution is -0.119. The van der Waals surface area contributed by atoms with Gasteiger partial charge in [-0.15, -0.1) is 0 Å². The summed E-state index contributed by atoms with van der Waals surface area (Å²) < 4.78 is 8.83. The summed E-state index contributed by atoms with van der Waals surface area (Å²) in [4.78, 5) is 12.1. The summed E-state index contributed by atoms with van der Waals surface area (Å²) >= 11 is 6.42. The molecule has 0 aliphatic carbocycles. The van der Waals surface area contributed by atoms with Crippen molar-refractivity contribution in [1.82, 2.24) is 9.13 Å². The van der Waals surface area contributed by atoms with Crippen LogP contribution >= 0.6 is 11.6 Å². The third-order valence-corrected chi connectivity index (χ3v) is 6.45. The molecular weight excluding hydrogens is 472 g/mol. The van der Waals surface area contributed by atoms with Crippen LogP contribution < -0.4 is 10.9 Å². The van der Waals surface area contributed by atoms with Crippen LogP contribution in [0.2, 0.25) is 5.02 Å². The van der Waals surface area contributed by atoms with Gasteiger partial charge in [-0.3, -0.25) is 14.8 Å². The third-order valence-electron chi connectivity index (χ3n) is 6.08. The number of hydrogen-bond donors (Lipinski definition) is 2. The van der Waals surface area contributed by atoms with Crippen LogP contribution in [0.3, 0.4) is 0 Å². The lowest BCUT2D eigenvalue weighted by Gasteiger charge is -2.12. The molecule has 0 saturated heterocycles. The number of halogens is 1. The molecule has 0 aliphatic rings.